The summed E-state index contributed by atoms with van der Waals surface area (Å²) in [5, 5.41) is 2.86. The predicted octanol–water partition coefficient (Wildman–Crippen LogP) is 3.51. The summed E-state index contributed by atoms with van der Waals surface area (Å²) in [7, 11) is 0. The topological polar surface area (TPSA) is 108 Å². The van der Waals surface area contributed by atoms with E-state index in [9.17, 15) is 14.4 Å². The third kappa shape index (κ3) is 2.69. The van der Waals surface area contributed by atoms with Gasteiger partial charge in [-0.3, -0.25) is 14.4 Å². The van der Waals surface area contributed by atoms with Crippen LogP contribution in [0.15, 0.2) is 36.4 Å². The van der Waals surface area contributed by atoms with Gasteiger partial charge in [-0.15, -0.1) is 0 Å². The Morgan fingerprint density at radius 3 is 2.52 bits per heavy atom. The first kappa shape index (κ1) is 20.9. The summed E-state index contributed by atoms with van der Waals surface area (Å²) >= 11 is 0. The lowest BCUT2D eigenvalue weighted by Gasteiger charge is -2.37. The van der Waals surface area contributed by atoms with Gasteiger partial charge < -0.3 is 20.5 Å². The van der Waals surface area contributed by atoms with Crippen LogP contribution >= 0.6 is 0 Å². The number of hydrogen-bond acceptors (Lipinski definition) is 6. The molecule has 1 aliphatic carbocycles. The van der Waals surface area contributed by atoms with Crippen LogP contribution < -0.4 is 15.8 Å². The molecule has 1 heterocycles. The summed E-state index contributed by atoms with van der Waals surface area (Å²) < 4.78 is 12.3. The number of carbonyl (C=O) groups excluding carboxylic acids is 3. The summed E-state index contributed by atoms with van der Waals surface area (Å²) in [4.78, 5) is 39.2. The molecule has 162 valence electrons. The summed E-state index contributed by atoms with van der Waals surface area (Å²) in [6.07, 6.45) is 0.209. The Bertz CT molecular complexity index is 1110. The van der Waals surface area contributed by atoms with Crippen LogP contribution in [0.25, 0.3) is 0 Å². The number of rotatable bonds is 5. The van der Waals surface area contributed by atoms with Crippen molar-refractivity contribution in [3.63, 3.8) is 0 Å². The first-order valence-electron chi connectivity index (χ1n) is 10.5. The molecule has 0 fully saturated rings. The number of nitrogen functional groups attached to an aromatic ring is 1. The Kier molecular flexibility index (Phi) is 4.80. The van der Waals surface area contributed by atoms with Crippen LogP contribution in [0.5, 0.6) is 5.75 Å². The van der Waals surface area contributed by atoms with Gasteiger partial charge in [-0.1, -0.05) is 52.0 Å². The first-order chi connectivity index (χ1) is 14.7. The Balaban J connectivity index is 2.06. The largest absolute Gasteiger partial charge is 0.445 e. The van der Waals surface area contributed by atoms with Gasteiger partial charge in [0.15, 0.2) is 0 Å². The van der Waals surface area contributed by atoms with Crippen molar-refractivity contribution < 1.29 is 23.9 Å². The molecule has 3 N–H and O–H groups in total. The van der Waals surface area contributed by atoms with Crippen molar-refractivity contribution in [2.75, 3.05) is 5.73 Å². The molecule has 0 aromatic heterocycles. The molecule has 2 aromatic carbocycles. The van der Waals surface area contributed by atoms with E-state index in [2.05, 4.69) is 5.32 Å². The van der Waals surface area contributed by atoms with Crippen molar-refractivity contribution in [1.29, 1.82) is 0 Å². The van der Waals surface area contributed by atoms with E-state index in [0.717, 1.165) is 5.56 Å². The third-order valence-electron chi connectivity index (χ3n) is 6.04. The molecule has 1 aliphatic heterocycles. The molecule has 0 bridgehead atoms. The van der Waals surface area contributed by atoms with Gasteiger partial charge in [0.1, 0.15) is 5.75 Å². The number of Topliss-reactive ketones (excluding diaryl/α,β-unsaturated/α-hetero) is 1. The van der Waals surface area contributed by atoms with Gasteiger partial charge >= 0.3 is 11.8 Å². The maximum atomic E-state index is 14.0. The van der Waals surface area contributed by atoms with Crippen LogP contribution in [0.3, 0.4) is 0 Å². The fourth-order valence-electron chi connectivity index (χ4n) is 4.40. The van der Waals surface area contributed by atoms with E-state index < -0.39 is 23.1 Å². The molecule has 0 unspecified atom stereocenters. The fraction of sp³-hybridized carbons (Fsp3) is 0.375. The number of anilines is 1. The SMILES string of the molecule is CCC(=O)N[C@@]12C(=O)c3c(N)cccc3[C@]1(OC(=O)CC)Oc1cc(C(C)C)ccc12. The number of amides is 1. The maximum Gasteiger partial charge on any atom is 0.317 e. The second-order valence-corrected chi connectivity index (χ2v) is 8.21. The molecule has 0 saturated heterocycles. The standard InChI is InChI=1S/C24H26N2O5/c1-5-19(27)26-23-15-11-10-14(13(3)4)12-18(15)30-24(23,31-20(28)6-2)16-8-7-9-17(25)21(16)22(23)29/h7-13H,5-6,25H2,1-4H3,(H,26,27)/t23-,24+/m0/s1. The van der Waals surface area contributed by atoms with Crippen molar-refractivity contribution in [3.05, 3.63) is 58.7 Å². The fourth-order valence-corrected chi connectivity index (χ4v) is 4.40. The number of carbonyl (C=O) groups is 3. The highest BCUT2D eigenvalue weighted by atomic mass is 16.7. The Hall–Kier alpha value is -3.35. The number of nitrogens with one attached hydrogen (secondary N) is 1. The van der Waals surface area contributed by atoms with Crippen LogP contribution in [0.1, 0.15) is 73.5 Å². The number of fused-ring (bicyclic) bond motifs is 5. The van der Waals surface area contributed by atoms with Gasteiger partial charge in [-0.25, -0.2) is 0 Å². The summed E-state index contributed by atoms with van der Waals surface area (Å²) in [5.41, 5.74) is 6.61. The van der Waals surface area contributed by atoms with Crippen molar-refractivity contribution in [1.82, 2.24) is 5.32 Å². The van der Waals surface area contributed by atoms with E-state index in [1.807, 2.05) is 26.0 Å². The molecule has 0 spiro atoms. The Morgan fingerprint density at radius 2 is 1.87 bits per heavy atom. The van der Waals surface area contributed by atoms with Gasteiger partial charge in [-0.05, 0) is 23.6 Å². The van der Waals surface area contributed by atoms with E-state index in [1.165, 1.54) is 0 Å². The van der Waals surface area contributed by atoms with E-state index in [4.69, 9.17) is 15.2 Å². The van der Waals surface area contributed by atoms with Gasteiger partial charge in [0.2, 0.25) is 17.2 Å². The minimum atomic E-state index is -1.87. The first-order valence-corrected chi connectivity index (χ1v) is 10.5. The van der Waals surface area contributed by atoms with Crippen LogP contribution in [0, 0.1) is 0 Å². The average Bonchev–Trinajstić information content (AvgIpc) is 3.12. The summed E-state index contributed by atoms with van der Waals surface area (Å²) in [6.45, 7) is 7.42. The van der Waals surface area contributed by atoms with Crippen molar-refractivity contribution >= 4 is 23.3 Å². The smallest absolute Gasteiger partial charge is 0.317 e. The van der Waals surface area contributed by atoms with Crippen LogP contribution in [0.2, 0.25) is 0 Å². The normalized spacial score (nSPS) is 23.1. The number of benzene rings is 2. The quantitative estimate of drug-likeness (QED) is 0.564. The Morgan fingerprint density at radius 1 is 1.13 bits per heavy atom. The zero-order valence-electron chi connectivity index (χ0n) is 18.1. The molecular weight excluding hydrogens is 396 g/mol. The lowest BCUT2D eigenvalue weighted by Crippen LogP contribution is -2.61. The lowest BCUT2D eigenvalue weighted by molar-refractivity contribution is -0.216. The van der Waals surface area contributed by atoms with E-state index in [1.54, 1.807) is 38.1 Å². The van der Waals surface area contributed by atoms with E-state index in [-0.39, 0.29) is 35.9 Å². The second kappa shape index (κ2) is 7.11. The van der Waals surface area contributed by atoms with Crippen LogP contribution in [-0.4, -0.2) is 17.7 Å². The lowest BCUT2D eigenvalue weighted by atomic mass is 9.82. The molecule has 7 nitrogen and oxygen atoms in total. The van der Waals surface area contributed by atoms with Gasteiger partial charge in [0.25, 0.3) is 0 Å². The number of ether oxygens (including phenoxy) is 2. The van der Waals surface area contributed by atoms with Crippen molar-refractivity contribution in [2.24, 2.45) is 0 Å². The minimum Gasteiger partial charge on any atom is -0.445 e. The monoisotopic (exact) mass is 422 g/mol. The number of esters is 1. The van der Waals surface area contributed by atoms with E-state index in [0.29, 0.717) is 16.9 Å². The second-order valence-electron chi connectivity index (χ2n) is 8.21. The van der Waals surface area contributed by atoms with Crippen LogP contribution in [0.4, 0.5) is 5.69 Å². The third-order valence-corrected chi connectivity index (χ3v) is 6.04. The predicted molar refractivity (Wildman–Crippen MR) is 115 cm³/mol. The highest BCUT2D eigenvalue weighted by Crippen LogP contribution is 2.61. The Labute approximate surface area is 180 Å². The van der Waals surface area contributed by atoms with Gasteiger partial charge in [-0.2, -0.15) is 0 Å². The number of nitrogens with two attached hydrogens (primary N) is 1. The zero-order valence-corrected chi connectivity index (χ0v) is 18.1. The van der Waals surface area contributed by atoms with Crippen molar-refractivity contribution in [3.8, 4) is 5.75 Å². The highest BCUT2D eigenvalue weighted by Gasteiger charge is 2.75. The van der Waals surface area contributed by atoms with Gasteiger partial charge in [0, 0.05) is 24.1 Å². The summed E-state index contributed by atoms with van der Waals surface area (Å²) in [5.74, 6) is -2.65. The molecule has 1 amide bonds. The molecule has 31 heavy (non-hydrogen) atoms. The molecule has 4 rings (SSSR count). The molecule has 2 aliphatic rings. The molecule has 2 aromatic rings. The van der Waals surface area contributed by atoms with E-state index >= 15 is 0 Å². The summed E-state index contributed by atoms with van der Waals surface area (Å²) in [6, 6.07) is 10.4. The van der Waals surface area contributed by atoms with Crippen LogP contribution in [-0.2, 0) is 25.7 Å². The maximum absolute atomic E-state index is 14.0. The van der Waals surface area contributed by atoms with Crippen molar-refractivity contribution in [2.45, 2.75) is 57.8 Å². The highest BCUT2D eigenvalue weighted by molar-refractivity contribution is 6.15. The molecule has 0 saturated carbocycles. The molecule has 0 radical (unpaired) electrons. The number of hydrogen-bond donors (Lipinski definition) is 2. The molecule has 2 atom stereocenters. The minimum absolute atomic E-state index is 0.0718. The molecule has 7 heteroatoms. The van der Waals surface area contributed by atoms with Gasteiger partial charge in [0.05, 0.1) is 11.1 Å². The average molecular weight is 422 g/mol. The zero-order chi connectivity index (χ0) is 22.6. The number of ketones is 1. The molecular formula is C24H26N2O5.